The Kier molecular flexibility index (Phi) is 3.09. The number of ether oxygens (including phenoxy) is 1. The molecule has 0 unspecified atom stereocenters. The fourth-order valence-electron chi connectivity index (χ4n) is 1.83. The number of rotatable bonds is 2. The van der Waals surface area contributed by atoms with Gasteiger partial charge in [0.1, 0.15) is 6.10 Å². The van der Waals surface area contributed by atoms with E-state index in [9.17, 15) is 5.11 Å². The normalized spacial score (nSPS) is 24.0. The van der Waals surface area contributed by atoms with E-state index < -0.39 is 0 Å². The van der Waals surface area contributed by atoms with E-state index in [1.807, 2.05) is 6.08 Å². The zero-order chi connectivity index (χ0) is 9.80. The van der Waals surface area contributed by atoms with Gasteiger partial charge in [-0.2, -0.15) is 0 Å². The predicted molar refractivity (Wildman–Crippen MR) is 55.0 cm³/mol. The second kappa shape index (κ2) is 4.51. The highest BCUT2D eigenvalue weighted by Gasteiger charge is 2.16. The fourth-order valence-corrected chi connectivity index (χ4v) is 1.83. The quantitative estimate of drug-likeness (QED) is 0.706. The molecule has 0 spiro atoms. The van der Waals surface area contributed by atoms with Crippen molar-refractivity contribution in [1.29, 1.82) is 0 Å². The average Bonchev–Trinajstić information content (AvgIpc) is 2.23. The molecule has 3 heteroatoms. The first kappa shape index (κ1) is 9.59. The topological polar surface area (TPSA) is 41.5 Å². The number of hydrogen-bond donors (Lipinski definition) is 2. The molecular formula is C11H17NO2. The molecule has 2 N–H and O–H groups in total. The van der Waals surface area contributed by atoms with Crippen molar-refractivity contribution in [2.24, 2.45) is 0 Å². The molecule has 1 fully saturated rings. The molecule has 0 amide bonds. The van der Waals surface area contributed by atoms with Crippen molar-refractivity contribution in [3.05, 3.63) is 23.7 Å². The van der Waals surface area contributed by atoms with Crippen LogP contribution in [0, 0.1) is 0 Å². The van der Waals surface area contributed by atoms with E-state index in [4.69, 9.17) is 4.74 Å². The van der Waals surface area contributed by atoms with Gasteiger partial charge in [0, 0.05) is 12.8 Å². The van der Waals surface area contributed by atoms with Crippen LogP contribution >= 0.6 is 0 Å². The molecule has 0 aromatic heterocycles. The Balaban J connectivity index is 1.84. The summed E-state index contributed by atoms with van der Waals surface area (Å²) in [4.78, 5) is 0. The van der Waals surface area contributed by atoms with Crippen molar-refractivity contribution < 1.29 is 9.84 Å². The van der Waals surface area contributed by atoms with Crippen molar-refractivity contribution >= 4 is 0 Å². The summed E-state index contributed by atoms with van der Waals surface area (Å²) >= 11 is 0. The number of aliphatic hydroxyl groups excluding tert-OH is 1. The minimum Gasteiger partial charge on any atom is -0.512 e. The molecule has 2 aliphatic rings. The van der Waals surface area contributed by atoms with Crippen LogP contribution < -0.4 is 5.32 Å². The average molecular weight is 195 g/mol. The zero-order valence-electron chi connectivity index (χ0n) is 8.33. The van der Waals surface area contributed by atoms with Crippen molar-refractivity contribution in [2.75, 3.05) is 13.1 Å². The zero-order valence-corrected chi connectivity index (χ0v) is 8.33. The van der Waals surface area contributed by atoms with Crippen LogP contribution in [0.25, 0.3) is 0 Å². The van der Waals surface area contributed by atoms with Gasteiger partial charge in [-0.25, -0.2) is 0 Å². The minimum absolute atomic E-state index is 0.371. The van der Waals surface area contributed by atoms with Crippen LogP contribution in [-0.2, 0) is 4.74 Å². The molecule has 0 bridgehead atoms. The summed E-state index contributed by atoms with van der Waals surface area (Å²) in [5, 5.41) is 12.5. The largest absolute Gasteiger partial charge is 0.512 e. The van der Waals surface area contributed by atoms with Crippen LogP contribution in [0.5, 0.6) is 0 Å². The summed E-state index contributed by atoms with van der Waals surface area (Å²) in [6, 6.07) is 0. The van der Waals surface area contributed by atoms with Crippen LogP contribution in [0.3, 0.4) is 0 Å². The first-order chi connectivity index (χ1) is 6.84. The molecule has 0 radical (unpaired) electrons. The van der Waals surface area contributed by atoms with E-state index in [0.29, 0.717) is 11.9 Å². The summed E-state index contributed by atoms with van der Waals surface area (Å²) in [6.45, 7) is 2.11. The van der Waals surface area contributed by atoms with E-state index >= 15 is 0 Å². The number of allylic oxidation sites excluding steroid dienone is 4. The Labute approximate surface area is 84.5 Å². The number of hydrogen-bond acceptors (Lipinski definition) is 3. The van der Waals surface area contributed by atoms with Gasteiger partial charge in [0.15, 0.2) is 0 Å². The molecule has 0 atom stereocenters. The molecular weight excluding hydrogens is 178 g/mol. The van der Waals surface area contributed by atoms with Crippen molar-refractivity contribution in [1.82, 2.24) is 5.32 Å². The van der Waals surface area contributed by atoms with Crippen LogP contribution in [0.2, 0.25) is 0 Å². The third-order valence-corrected chi connectivity index (χ3v) is 2.69. The highest BCUT2D eigenvalue weighted by atomic mass is 16.5. The van der Waals surface area contributed by atoms with E-state index in [-0.39, 0.29) is 0 Å². The van der Waals surface area contributed by atoms with Gasteiger partial charge in [-0.05, 0) is 38.1 Å². The van der Waals surface area contributed by atoms with Gasteiger partial charge < -0.3 is 15.2 Å². The highest BCUT2D eigenvalue weighted by Crippen LogP contribution is 2.21. The van der Waals surface area contributed by atoms with Gasteiger partial charge in [-0.1, -0.05) is 0 Å². The SMILES string of the molecule is OC1=CC=C(OC2CCNCC2)CC1. The first-order valence-corrected chi connectivity index (χ1v) is 5.30. The lowest BCUT2D eigenvalue weighted by Crippen LogP contribution is -2.32. The molecule has 0 aromatic rings. The Morgan fingerprint density at radius 3 is 2.64 bits per heavy atom. The van der Waals surface area contributed by atoms with Gasteiger partial charge in [-0.3, -0.25) is 0 Å². The molecule has 1 aliphatic carbocycles. The number of nitrogens with one attached hydrogen (secondary N) is 1. The molecule has 1 heterocycles. The van der Waals surface area contributed by atoms with E-state index in [1.54, 1.807) is 6.08 Å². The van der Waals surface area contributed by atoms with E-state index in [2.05, 4.69) is 5.32 Å². The van der Waals surface area contributed by atoms with Crippen LogP contribution in [0.1, 0.15) is 25.7 Å². The molecule has 1 saturated heterocycles. The van der Waals surface area contributed by atoms with Gasteiger partial charge in [0.25, 0.3) is 0 Å². The van der Waals surface area contributed by atoms with Gasteiger partial charge in [0.05, 0.1) is 11.5 Å². The number of aliphatic hydroxyl groups is 1. The van der Waals surface area contributed by atoms with Gasteiger partial charge >= 0.3 is 0 Å². The van der Waals surface area contributed by atoms with Crippen molar-refractivity contribution in [2.45, 2.75) is 31.8 Å². The van der Waals surface area contributed by atoms with Gasteiger partial charge in [0.2, 0.25) is 0 Å². The van der Waals surface area contributed by atoms with E-state index in [0.717, 1.165) is 44.5 Å². The summed E-state index contributed by atoms with van der Waals surface area (Å²) in [5.41, 5.74) is 0. The molecule has 1 aliphatic heterocycles. The smallest absolute Gasteiger partial charge is 0.101 e. The van der Waals surface area contributed by atoms with Gasteiger partial charge in [-0.15, -0.1) is 0 Å². The lowest BCUT2D eigenvalue weighted by molar-refractivity contribution is 0.0809. The Morgan fingerprint density at radius 1 is 1.21 bits per heavy atom. The highest BCUT2D eigenvalue weighted by molar-refractivity contribution is 5.16. The molecule has 3 nitrogen and oxygen atoms in total. The van der Waals surface area contributed by atoms with Crippen LogP contribution in [0.4, 0.5) is 0 Å². The molecule has 2 rings (SSSR count). The van der Waals surface area contributed by atoms with Crippen LogP contribution in [-0.4, -0.2) is 24.3 Å². The fraction of sp³-hybridized carbons (Fsp3) is 0.636. The molecule has 78 valence electrons. The maximum absolute atomic E-state index is 9.18. The summed E-state index contributed by atoms with van der Waals surface area (Å²) < 4.78 is 5.85. The second-order valence-electron chi connectivity index (χ2n) is 3.86. The predicted octanol–water partition coefficient (Wildman–Crippen LogP) is 1.87. The van der Waals surface area contributed by atoms with Crippen molar-refractivity contribution in [3.63, 3.8) is 0 Å². The summed E-state index contributed by atoms with van der Waals surface area (Å²) in [7, 11) is 0. The molecule has 0 saturated carbocycles. The standard InChI is InChI=1S/C11H17NO2/c13-9-1-3-10(4-2-9)14-11-5-7-12-8-6-11/h1,3,11-13H,2,4-8H2. The number of piperidine rings is 1. The monoisotopic (exact) mass is 195 g/mol. The summed E-state index contributed by atoms with van der Waals surface area (Å²) in [5.74, 6) is 1.48. The maximum atomic E-state index is 9.18. The third-order valence-electron chi connectivity index (χ3n) is 2.69. The first-order valence-electron chi connectivity index (χ1n) is 5.30. The second-order valence-corrected chi connectivity index (χ2v) is 3.86. The Morgan fingerprint density at radius 2 is 2.00 bits per heavy atom. The Hall–Kier alpha value is -0.960. The van der Waals surface area contributed by atoms with Crippen molar-refractivity contribution in [3.8, 4) is 0 Å². The van der Waals surface area contributed by atoms with E-state index in [1.165, 1.54) is 0 Å². The Bertz CT molecular complexity index is 252. The van der Waals surface area contributed by atoms with Crippen LogP contribution in [0.15, 0.2) is 23.7 Å². The maximum Gasteiger partial charge on any atom is 0.101 e. The lowest BCUT2D eigenvalue weighted by Gasteiger charge is -2.25. The third kappa shape index (κ3) is 2.51. The molecule has 0 aromatic carbocycles. The lowest BCUT2D eigenvalue weighted by atomic mass is 10.1. The summed E-state index contributed by atoms with van der Waals surface area (Å²) in [6.07, 6.45) is 7.74. The molecule has 14 heavy (non-hydrogen) atoms. The minimum atomic E-state index is 0.371.